The third-order valence-corrected chi connectivity index (χ3v) is 2.65. The van der Waals surface area contributed by atoms with E-state index in [0.717, 1.165) is 5.76 Å². The standard InChI is InChI=1S/C12H13N5O/c1-12(2,3)9-5-14-11(18-9)8-4-13-6-10-15-7-16-17(8)10/h4-7H,1-3H3. The number of hydrogen-bond donors (Lipinski definition) is 0. The van der Waals surface area contributed by atoms with Gasteiger partial charge >= 0.3 is 0 Å². The molecule has 6 heteroatoms. The van der Waals surface area contributed by atoms with E-state index in [1.54, 1.807) is 23.1 Å². The van der Waals surface area contributed by atoms with Crippen LogP contribution < -0.4 is 0 Å². The summed E-state index contributed by atoms with van der Waals surface area (Å²) in [4.78, 5) is 12.5. The van der Waals surface area contributed by atoms with Crippen LogP contribution in [0, 0.1) is 0 Å². The van der Waals surface area contributed by atoms with Gasteiger partial charge in [0.1, 0.15) is 17.8 Å². The van der Waals surface area contributed by atoms with Crippen molar-refractivity contribution < 1.29 is 4.42 Å². The van der Waals surface area contributed by atoms with Crippen molar-refractivity contribution in [3.05, 3.63) is 30.7 Å². The van der Waals surface area contributed by atoms with Crippen molar-refractivity contribution >= 4 is 5.65 Å². The van der Waals surface area contributed by atoms with Crippen LogP contribution in [0.15, 0.2) is 29.3 Å². The molecule has 0 fully saturated rings. The molecule has 0 N–H and O–H groups in total. The molecule has 3 aromatic rings. The Hall–Kier alpha value is -2.24. The van der Waals surface area contributed by atoms with Crippen LogP contribution in [0.1, 0.15) is 26.5 Å². The van der Waals surface area contributed by atoms with Gasteiger partial charge in [-0.05, 0) is 0 Å². The molecule has 0 atom stereocenters. The zero-order valence-electron chi connectivity index (χ0n) is 10.5. The number of hydrogen-bond acceptors (Lipinski definition) is 5. The highest BCUT2D eigenvalue weighted by atomic mass is 16.4. The molecule has 0 spiro atoms. The summed E-state index contributed by atoms with van der Waals surface area (Å²) in [5, 5.41) is 4.13. The molecule has 18 heavy (non-hydrogen) atoms. The van der Waals surface area contributed by atoms with Crippen molar-refractivity contribution in [2.75, 3.05) is 0 Å². The zero-order valence-corrected chi connectivity index (χ0v) is 10.5. The minimum absolute atomic E-state index is 0.0745. The second-order valence-corrected chi connectivity index (χ2v) is 5.10. The molecule has 0 aliphatic rings. The fourth-order valence-electron chi connectivity index (χ4n) is 1.64. The van der Waals surface area contributed by atoms with E-state index in [2.05, 4.69) is 40.8 Å². The minimum Gasteiger partial charge on any atom is -0.439 e. The van der Waals surface area contributed by atoms with Crippen molar-refractivity contribution in [2.45, 2.75) is 26.2 Å². The average molecular weight is 243 g/mol. The van der Waals surface area contributed by atoms with Crippen LogP contribution >= 0.6 is 0 Å². The Labute approximate surface area is 104 Å². The molecule has 0 bridgehead atoms. The number of aromatic nitrogens is 5. The molecule has 3 heterocycles. The number of nitrogens with zero attached hydrogens (tertiary/aromatic N) is 5. The van der Waals surface area contributed by atoms with E-state index < -0.39 is 0 Å². The maximum Gasteiger partial charge on any atom is 0.247 e. The quantitative estimate of drug-likeness (QED) is 0.654. The normalized spacial score (nSPS) is 12.2. The van der Waals surface area contributed by atoms with E-state index in [1.807, 2.05) is 0 Å². The van der Waals surface area contributed by atoms with Gasteiger partial charge in [-0.3, -0.25) is 4.98 Å². The highest BCUT2D eigenvalue weighted by Gasteiger charge is 2.20. The summed E-state index contributed by atoms with van der Waals surface area (Å²) in [7, 11) is 0. The second kappa shape index (κ2) is 3.63. The van der Waals surface area contributed by atoms with E-state index >= 15 is 0 Å². The van der Waals surface area contributed by atoms with Gasteiger partial charge in [-0.15, -0.1) is 0 Å². The van der Waals surface area contributed by atoms with Gasteiger partial charge in [0, 0.05) is 5.41 Å². The fraction of sp³-hybridized carbons (Fsp3) is 0.333. The predicted molar refractivity (Wildman–Crippen MR) is 65.0 cm³/mol. The fourth-order valence-corrected chi connectivity index (χ4v) is 1.64. The van der Waals surface area contributed by atoms with Gasteiger partial charge in [-0.25, -0.2) is 14.5 Å². The first kappa shape index (κ1) is 10.9. The molecule has 0 aliphatic heterocycles. The van der Waals surface area contributed by atoms with Crippen molar-refractivity contribution in [1.29, 1.82) is 0 Å². The Morgan fingerprint density at radius 3 is 2.67 bits per heavy atom. The lowest BCUT2D eigenvalue weighted by Crippen LogP contribution is -2.09. The smallest absolute Gasteiger partial charge is 0.247 e. The molecule has 0 radical (unpaired) electrons. The molecule has 0 saturated heterocycles. The molecule has 0 aliphatic carbocycles. The monoisotopic (exact) mass is 243 g/mol. The van der Waals surface area contributed by atoms with Gasteiger partial charge in [0.25, 0.3) is 0 Å². The predicted octanol–water partition coefficient (Wildman–Crippen LogP) is 2.08. The topological polar surface area (TPSA) is 69.1 Å². The molecular weight excluding hydrogens is 230 g/mol. The molecule has 0 amide bonds. The molecule has 0 aromatic carbocycles. The van der Waals surface area contributed by atoms with Crippen LogP contribution in [0.5, 0.6) is 0 Å². The highest BCUT2D eigenvalue weighted by Crippen LogP contribution is 2.26. The zero-order chi connectivity index (χ0) is 12.8. The summed E-state index contributed by atoms with van der Waals surface area (Å²) >= 11 is 0. The molecular formula is C12H13N5O. The molecule has 3 aromatic heterocycles. The lowest BCUT2D eigenvalue weighted by atomic mass is 9.94. The Kier molecular flexibility index (Phi) is 2.19. The first-order valence-electron chi connectivity index (χ1n) is 5.66. The Bertz CT molecular complexity index is 692. The van der Waals surface area contributed by atoms with E-state index in [9.17, 15) is 0 Å². The second-order valence-electron chi connectivity index (χ2n) is 5.10. The Morgan fingerprint density at radius 2 is 1.94 bits per heavy atom. The Balaban J connectivity index is 2.15. The SMILES string of the molecule is CC(C)(C)c1cnc(-c2cncc3ncnn23)o1. The number of fused-ring (bicyclic) bond motifs is 1. The largest absolute Gasteiger partial charge is 0.439 e. The van der Waals surface area contributed by atoms with Crippen LogP contribution in [-0.4, -0.2) is 24.6 Å². The van der Waals surface area contributed by atoms with Crippen LogP contribution in [-0.2, 0) is 5.41 Å². The van der Waals surface area contributed by atoms with Gasteiger partial charge < -0.3 is 4.42 Å². The first-order valence-corrected chi connectivity index (χ1v) is 5.66. The van der Waals surface area contributed by atoms with Gasteiger partial charge in [0.05, 0.1) is 18.6 Å². The number of rotatable bonds is 1. The van der Waals surface area contributed by atoms with Gasteiger partial charge in [-0.1, -0.05) is 20.8 Å². The third kappa shape index (κ3) is 1.66. The van der Waals surface area contributed by atoms with Crippen molar-refractivity contribution in [3.8, 4) is 11.6 Å². The lowest BCUT2D eigenvalue weighted by molar-refractivity contribution is 0.414. The van der Waals surface area contributed by atoms with Gasteiger partial charge in [0.2, 0.25) is 5.89 Å². The number of oxazole rings is 1. The van der Waals surface area contributed by atoms with Crippen LogP contribution in [0.4, 0.5) is 0 Å². The van der Waals surface area contributed by atoms with Crippen molar-refractivity contribution in [3.63, 3.8) is 0 Å². The minimum atomic E-state index is -0.0745. The molecule has 3 rings (SSSR count). The van der Waals surface area contributed by atoms with Crippen LogP contribution in [0.25, 0.3) is 17.2 Å². The van der Waals surface area contributed by atoms with Crippen LogP contribution in [0.2, 0.25) is 0 Å². The first-order chi connectivity index (χ1) is 8.55. The summed E-state index contributed by atoms with van der Waals surface area (Å²) in [5.41, 5.74) is 1.29. The maximum absolute atomic E-state index is 5.77. The summed E-state index contributed by atoms with van der Waals surface area (Å²) in [6, 6.07) is 0. The van der Waals surface area contributed by atoms with Crippen molar-refractivity contribution in [1.82, 2.24) is 24.6 Å². The van der Waals surface area contributed by atoms with Crippen LogP contribution in [0.3, 0.4) is 0 Å². The third-order valence-electron chi connectivity index (χ3n) is 2.65. The summed E-state index contributed by atoms with van der Waals surface area (Å²) in [6.45, 7) is 6.22. The summed E-state index contributed by atoms with van der Waals surface area (Å²) in [5.74, 6) is 1.33. The highest BCUT2D eigenvalue weighted by molar-refractivity contribution is 5.51. The molecule has 0 saturated carbocycles. The average Bonchev–Trinajstić information content (AvgIpc) is 2.96. The van der Waals surface area contributed by atoms with Gasteiger partial charge in [-0.2, -0.15) is 5.10 Å². The Morgan fingerprint density at radius 1 is 1.11 bits per heavy atom. The summed E-state index contributed by atoms with van der Waals surface area (Å²) in [6.07, 6.45) is 6.53. The van der Waals surface area contributed by atoms with E-state index in [1.165, 1.54) is 6.33 Å². The van der Waals surface area contributed by atoms with E-state index in [4.69, 9.17) is 4.42 Å². The molecule has 6 nitrogen and oxygen atoms in total. The molecule has 92 valence electrons. The maximum atomic E-state index is 5.77. The van der Waals surface area contributed by atoms with Crippen molar-refractivity contribution in [2.24, 2.45) is 0 Å². The summed E-state index contributed by atoms with van der Waals surface area (Å²) < 4.78 is 7.43. The lowest BCUT2D eigenvalue weighted by Gasteiger charge is -2.13. The van der Waals surface area contributed by atoms with Gasteiger partial charge in [0.15, 0.2) is 5.65 Å². The van der Waals surface area contributed by atoms with E-state index in [-0.39, 0.29) is 5.41 Å². The van der Waals surface area contributed by atoms with E-state index in [0.29, 0.717) is 17.2 Å². The molecule has 0 unspecified atom stereocenters.